The lowest BCUT2D eigenvalue weighted by atomic mass is 9.65. The Hall–Kier alpha value is -2.33. The maximum Gasteiger partial charge on any atom is 0.315 e. The van der Waals surface area contributed by atoms with E-state index >= 15 is 0 Å². The number of rotatable bonds is 5. The number of carbonyl (C=O) groups is 1. The van der Waals surface area contributed by atoms with Gasteiger partial charge in [-0.05, 0) is 17.5 Å². The highest BCUT2D eigenvalue weighted by Crippen LogP contribution is 2.42. The van der Waals surface area contributed by atoms with E-state index in [2.05, 4.69) is 60.8 Å². The average molecular weight is 337 g/mol. The summed E-state index contributed by atoms with van der Waals surface area (Å²) in [7, 11) is 0. The number of primary amides is 1. The lowest BCUT2D eigenvalue weighted by molar-refractivity contribution is 0.125. The van der Waals surface area contributed by atoms with Gasteiger partial charge in [-0.3, -0.25) is 0 Å². The summed E-state index contributed by atoms with van der Waals surface area (Å²) in [6, 6.07) is 20.7. The molecule has 2 aromatic carbocycles. The van der Waals surface area contributed by atoms with Crippen molar-refractivity contribution in [2.24, 2.45) is 5.73 Å². The van der Waals surface area contributed by atoms with E-state index in [1.807, 2.05) is 17.0 Å². The summed E-state index contributed by atoms with van der Waals surface area (Å²) in [5.41, 5.74) is 7.97. The van der Waals surface area contributed by atoms with Crippen molar-refractivity contribution in [2.45, 2.75) is 31.2 Å². The fourth-order valence-corrected chi connectivity index (χ4v) is 4.28. The van der Waals surface area contributed by atoms with Crippen LogP contribution in [0, 0.1) is 0 Å². The molecule has 25 heavy (non-hydrogen) atoms. The average Bonchev–Trinajstić information content (AvgIpc) is 2.67. The molecule has 2 aromatic rings. The van der Waals surface area contributed by atoms with E-state index in [0.29, 0.717) is 6.54 Å². The number of piperazine rings is 1. The van der Waals surface area contributed by atoms with Gasteiger partial charge in [0.05, 0.1) is 6.04 Å². The van der Waals surface area contributed by atoms with Crippen molar-refractivity contribution in [2.75, 3.05) is 19.6 Å². The van der Waals surface area contributed by atoms with Gasteiger partial charge in [-0.2, -0.15) is 0 Å². The fourth-order valence-electron chi connectivity index (χ4n) is 4.28. The van der Waals surface area contributed by atoms with Crippen molar-refractivity contribution in [1.29, 1.82) is 0 Å². The molecule has 1 fully saturated rings. The van der Waals surface area contributed by atoms with Gasteiger partial charge >= 0.3 is 6.03 Å². The van der Waals surface area contributed by atoms with E-state index in [9.17, 15) is 4.79 Å². The van der Waals surface area contributed by atoms with Gasteiger partial charge in [-0.25, -0.2) is 4.79 Å². The minimum absolute atomic E-state index is 0.0106. The Kier molecular flexibility index (Phi) is 5.39. The Labute approximate surface area is 150 Å². The zero-order valence-electron chi connectivity index (χ0n) is 14.8. The minimum Gasteiger partial charge on any atom is -0.351 e. The Bertz CT molecular complexity index is 647. The minimum atomic E-state index is -0.334. The van der Waals surface area contributed by atoms with Crippen LogP contribution >= 0.6 is 0 Å². The van der Waals surface area contributed by atoms with Crippen LogP contribution in [0.1, 0.15) is 30.9 Å². The van der Waals surface area contributed by atoms with Crippen LogP contribution in [0.5, 0.6) is 0 Å². The highest BCUT2D eigenvalue weighted by atomic mass is 16.2. The summed E-state index contributed by atoms with van der Waals surface area (Å²) in [5.74, 6) is 0. The molecule has 1 unspecified atom stereocenters. The topological polar surface area (TPSA) is 58.4 Å². The third-order valence-electron chi connectivity index (χ3n) is 5.32. The molecule has 132 valence electrons. The summed E-state index contributed by atoms with van der Waals surface area (Å²) in [4.78, 5) is 14.1. The number of nitrogens with zero attached hydrogens (tertiary/aromatic N) is 1. The lowest BCUT2D eigenvalue weighted by Crippen LogP contribution is -2.63. The predicted octanol–water partition coefficient (Wildman–Crippen LogP) is 3.13. The SMILES string of the molecule is CCCC(c1ccccc1)(c1ccccc1)C1CNCCN1C(N)=O. The van der Waals surface area contributed by atoms with Gasteiger partial charge in [-0.15, -0.1) is 0 Å². The molecular formula is C21H27N3O. The molecule has 4 nitrogen and oxygen atoms in total. The van der Waals surface area contributed by atoms with Crippen LogP contribution in [0.2, 0.25) is 0 Å². The smallest absolute Gasteiger partial charge is 0.315 e. The van der Waals surface area contributed by atoms with Crippen molar-refractivity contribution in [3.63, 3.8) is 0 Å². The first-order valence-corrected chi connectivity index (χ1v) is 9.08. The molecular weight excluding hydrogens is 310 g/mol. The van der Waals surface area contributed by atoms with E-state index in [1.54, 1.807) is 0 Å². The highest BCUT2D eigenvalue weighted by Gasteiger charge is 2.46. The molecule has 0 radical (unpaired) electrons. The first-order valence-electron chi connectivity index (χ1n) is 9.08. The molecule has 4 heteroatoms. The molecule has 1 heterocycles. The van der Waals surface area contributed by atoms with Crippen LogP contribution in [-0.4, -0.2) is 36.6 Å². The number of benzene rings is 2. The van der Waals surface area contributed by atoms with Crippen LogP contribution in [-0.2, 0) is 5.41 Å². The summed E-state index contributed by atoms with van der Waals surface area (Å²) in [6.45, 7) is 4.37. The summed E-state index contributed by atoms with van der Waals surface area (Å²) < 4.78 is 0. The Morgan fingerprint density at radius 3 is 2.16 bits per heavy atom. The second kappa shape index (κ2) is 7.70. The predicted molar refractivity (Wildman–Crippen MR) is 102 cm³/mol. The van der Waals surface area contributed by atoms with Crippen LogP contribution in [0.3, 0.4) is 0 Å². The molecule has 3 rings (SSSR count). The number of amides is 2. The summed E-state index contributed by atoms with van der Waals surface area (Å²) in [5, 5.41) is 3.47. The zero-order valence-corrected chi connectivity index (χ0v) is 14.8. The number of hydrogen-bond acceptors (Lipinski definition) is 2. The molecule has 0 saturated carbocycles. The van der Waals surface area contributed by atoms with Gasteiger partial charge in [-0.1, -0.05) is 74.0 Å². The lowest BCUT2D eigenvalue weighted by Gasteiger charge is -2.49. The third kappa shape index (κ3) is 3.27. The fraction of sp³-hybridized carbons (Fsp3) is 0.381. The second-order valence-corrected chi connectivity index (χ2v) is 6.70. The van der Waals surface area contributed by atoms with Gasteiger partial charge in [0.2, 0.25) is 0 Å². The Balaban J connectivity index is 2.21. The highest BCUT2D eigenvalue weighted by molar-refractivity contribution is 5.73. The van der Waals surface area contributed by atoms with Crippen molar-refractivity contribution in [3.05, 3.63) is 71.8 Å². The normalized spacial score (nSPS) is 18.1. The quantitative estimate of drug-likeness (QED) is 0.881. The number of nitrogens with two attached hydrogens (primary N) is 1. The first-order chi connectivity index (χ1) is 12.2. The van der Waals surface area contributed by atoms with Crippen molar-refractivity contribution in [1.82, 2.24) is 10.2 Å². The number of hydrogen-bond donors (Lipinski definition) is 2. The van der Waals surface area contributed by atoms with Crippen LogP contribution in [0.15, 0.2) is 60.7 Å². The number of urea groups is 1. The standard InChI is InChI=1S/C21H27N3O/c1-2-13-21(17-9-5-3-6-10-17,18-11-7-4-8-12-18)19-16-23-14-15-24(19)20(22)25/h3-12,19,23H,2,13-16H2,1H3,(H2,22,25). The van der Waals surface area contributed by atoms with Gasteiger partial charge in [0, 0.05) is 25.0 Å². The molecule has 1 atom stereocenters. The summed E-state index contributed by atoms with van der Waals surface area (Å²) in [6.07, 6.45) is 1.98. The molecule has 1 aliphatic heterocycles. The van der Waals surface area contributed by atoms with Crippen LogP contribution < -0.4 is 11.1 Å². The number of carbonyl (C=O) groups excluding carboxylic acids is 1. The second-order valence-electron chi connectivity index (χ2n) is 6.70. The van der Waals surface area contributed by atoms with Crippen LogP contribution in [0.4, 0.5) is 4.79 Å². The van der Waals surface area contributed by atoms with E-state index in [1.165, 1.54) is 11.1 Å². The van der Waals surface area contributed by atoms with Gasteiger partial charge in [0.15, 0.2) is 0 Å². The number of nitrogens with one attached hydrogen (secondary N) is 1. The van der Waals surface area contributed by atoms with E-state index < -0.39 is 0 Å². The Morgan fingerprint density at radius 2 is 1.68 bits per heavy atom. The van der Waals surface area contributed by atoms with Crippen molar-refractivity contribution in [3.8, 4) is 0 Å². The first kappa shape index (κ1) is 17.5. The van der Waals surface area contributed by atoms with Crippen molar-refractivity contribution < 1.29 is 4.79 Å². The van der Waals surface area contributed by atoms with Crippen molar-refractivity contribution >= 4 is 6.03 Å². The monoisotopic (exact) mass is 337 g/mol. The molecule has 0 spiro atoms. The maximum absolute atomic E-state index is 12.2. The van der Waals surface area contributed by atoms with E-state index in [0.717, 1.165) is 25.9 Å². The third-order valence-corrected chi connectivity index (χ3v) is 5.32. The Morgan fingerprint density at radius 1 is 1.12 bits per heavy atom. The molecule has 3 N–H and O–H groups in total. The molecule has 1 saturated heterocycles. The molecule has 0 aliphatic carbocycles. The largest absolute Gasteiger partial charge is 0.351 e. The molecule has 0 bridgehead atoms. The molecule has 1 aliphatic rings. The van der Waals surface area contributed by atoms with Crippen LogP contribution in [0.25, 0.3) is 0 Å². The van der Waals surface area contributed by atoms with E-state index in [4.69, 9.17) is 5.73 Å². The zero-order chi connectivity index (χ0) is 17.7. The van der Waals surface area contributed by atoms with Gasteiger partial charge in [0.1, 0.15) is 0 Å². The molecule has 0 aromatic heterocycles. The maximum atomic E-state index is 12.2. The van der Waals surface area contributed by atoms with E-state index in [-0.39, 0.29) is 17.5 Å². The van der Waals surface area contributed by atoms with Gasteiger partial charge in [0.25, 0.3) is 0 Å². The van der Waals surface area contributed by atoms with Gasteiger partial charge < -0.3 is 16.0 Å². The summed E-state index contributed by atoms with van der Waals surface area (Å²) >= 11 is 0. The molecule has 2 amide bonds.